The van der Waals surface area contributed by atoms with Gasteiger partial charge in [0.1, 0.15) is 29.0 Å². The van der Waals surface area contributed by atoms with E-state index in [-0.39, 0.29) is 5.82 Å². The molecule has 3 aromatic heterocycles. The van der Waals surface area contributed by atoms with Crippen molar-refractivity contribution in [3.05, 3.63) is 60.6 Å². The Kier molecular flexibility index (Phi) is 2.89. The summed E-state index contributed by atoms with van der Waals surface area (Å²) in [7, 11) is 0. The van der Waals surface area contributed by atoms with Crippen LogP contribution in [0.25, 0.3) is 22.6 Å². The highest BCUT2D eigenvalue weighted by Gasteiger charge is 2.14. The van der Waals surface area contributed by atoms with Crippen LogP contribution in [-0.4, -0.2) is 29.7 Å². The average molecular weight is 294 g/mol. The van der Waals surface area contributed by atoms with Crippen molar-refractivity contribution >= 4 is 11.2 Å². The van der Waals surface area contributed by atoms with E-state index in [1.54, 1.807) is 29.2 Å². The van der Waals surface area contributed by atoms with E-state index in [1.807, 2.05) is 12.1 Å². The number of fused-ring (bicyclic) bond motifs is 1. The largest absolute Gasteiger partial charge is 0.311 e. The Bertz CT molecular complexity index is 928. The molecule has 108 valence electrons. The normalized spacial score (nSPS) is 11.1. The first-order chi connectivity index (χ1) is 10.8. The predicted octanol–water partition coefficient (Wildman–Crippen LogP) is 2.40. The predicted molar refractivity (Wildman–Crippen MR) is 78.4 cm³/mol. The maximum absolute atomic E-state index is 13.8. The van der Waals surface area contributed by atoms with E-state index in [2.05, 4.69) is 25.1 Å². The van der Waals surface area contributed by atoms with Gasteiger partial charge < -0.3 is 4.57 Å². The van der Waals surface area contributed by atoms with Crippen molar-refractivity contribution < 1.29 is 4.39 Å². The summed E-state index contributed by atoms with van der Waals surface area (Å²) in [6.45, 7) is 0.361. The molecule has 6 nitrogen and oxygen atoms in total. The van der Waals surface area contributed by atoms with E-state index >= 15 is 0 Å². The van der Waals surface area contributed by atoms with Gasteiger partial charge in [-0.1, -0.05) is 18.2 Å². The summed E-state index contributed by atoms with van der Waals surface area (Å²) in [6.07, 6.45) is 4.83. The minimum atomic E-state index is -0.245. The number of nitrogens with one attached hydrogen (secondary N) is 1. The first kappa shape index (κ1) is 12.6. The van der Waals surface area contributed by atoms with Gasteiger partial charge in [-0.25, -0.2) is 19.3 Å². The zero-order chi connectivity index (χ0) is 14.9. The van der Waals surface area contributed by atoms with Gasteiger partial charge in [0.2, 0.25) is 0 Å². The van der Waals surface area contributed by atoms with Gasteiger partial charge >= 0.3 is 0 Å². The second kappa shape index (κ2) is 5.03. The van der Waals surface area contributed by atoms with Crippen molar-refractivity contribution in [2.75, 3.05) is 0 Å². The molecule has 0 atom stereocenters. The number of aromatic amines is 1. The summed E-state index contributed by atoms with van der Waals surface area (Å²) >= 11 is 0. The Balaban J connectivity index is 1.81. The fraction of sp³-hybridized carbons (Fsp3) is 0.0667. The van der Waals surface area contributed by atoms with E-state index in [0.29, 0.717) is 34.7 Å². The summed E-state index contributed by atoms with van der Waals surface area (Å²) in [4.78, 5) is 12.9. The zero-order valence-corrected chi connectivity index (χ0v) is 11.4. The Labute approximate surface area is 124 Å². The van der Waals surface area contributed by atoms with Crippen LogP contribution >= 0.6 is 0 Å². The van der Waals surface area contributed by atoms with Crippen LogP contribution in [0.15, 0.2) is 49.2 Å². The molecule has 0 fully saturated rings. The third kappa shape index (κ3) is 2.03. The Morgan fingerprint density at radius 3 is 2.82 bits per heavy atom. The number of imidazole rings is 1. The lowest BCUT2D eigenvalue weighted by molar-refractivity contribution is 0.601. The molecule has 4 rings (SSSR count). The molecule has 0 aliphatic carbocycles. The lowest BCUT2D eigenvalue weighted by Crippen LogP contribution is -2.02. The van der Waals surface area contributed by atoms with Crippen molar-refractivity contribution in [2.24, 2.45) is 0 Å². The van der Waals surface area contributed by atoms with Gasteiger partial charge in [0.25, 0.3) is 0 Å². The molecule has 4 aromatic rings. The van der Waals surface area contributed by atoms with Crippen molar-refractivity contribution in [1.29, 1.82) is 0 Å². The summed E-state index contributed by atoms with van der Waals surface area (Å²) in [5.41, 5.74) is 3.23. The van der Waals surface area contributed by atoms with E-state index in [4.69, 9.17) is 0 Å². The number of H-pyrrole nitrogens is 1. The number of benzene rings is 1. The average Bonchev–Trinajstić information content (AvgIpc) is 3.19. The molecule has 0 spiro atoms. The number of hydrogen-bond acceptors (Lipinski definition) is 4. The van der Waals surface area contributed by atoms with Crippen molar-refractivity contribution in [2.45, 2.75) is 6.54 Å². The second-order valence-electron chi connectivity index (χ2n) is 4.82. The molecule has 1 N–H and O–H groups in total. The van der Waals surface area contributed by atoms with Crippen molar-refractivity contribution in [1.82, 2.24) is 29.7 Å². The van der Waals surface area contributed by atoms with Crippen LogP contribution in [0.4, 0.5) is 4.39 Å². The summed E-state index contributed by atoms with van der Waals surface area (Å²) in [6, 6.07) is 8.48. The molecule has 0 amide bonds. The fourth-order valence-corrected chi connectivity index (χ4v) is 2.39. The van der Waals surface area contributed by atoms with Gasteiger partial charge in [-0.2, -0.15) is 5.10 Å². The van der Waals surface area contributed by atoms with Crippen molar-refractivity contribution in [3.8, 4) is 11.4 Å². The van der Waals surface area contributed by atoms with Crippen LogP contribution in [0, 0.1) is 5.82 Å². The molecule has 0 bridgehead atoms. The highest BCUT2D eigenvalue weighted by molar-refractivity contribution is 5.85. The van der Waals surface area contributed by atoms with Gasteiger partial charge in [-0.15, -0.1) is 0 Å². The minimum absolute atomic E-state index is 0.245. The fourth-order valence-electron chi connectivity index (χ4n) is 2.39. The van der Waals surface area contributed by atoms with Crippen molar-refractivity contribution in [3.63, 3.8) is 0 Å². The number of nitrogens with zero attached hydrogens (tertiary/aromatic N) is 5. The van der Waals surface area contributed by atoms with E-state index in [9.17, 15) is 4.39 Å². The Morgan fingerprint density at radius 1 is 1.09 bits per heavy atom. The van der Waals surface area contributed by atoms with Crippen LogP contribution in [-0.2, 0) is 6.54 Å². The minimum Gasteiger partial charge on any atom is -0.311 e. The first-order valence-corrected chi connectivity index (χ1v) is 6.72. The third-order valence-electron chi connectivity index (χ3n) is 3.44. The molecule has 0 aliphatic heterocycles. The molecule has 1 aromatic carbocycles. The van der Waals surface area contributed by atoms with Crippen LogP contribution in [0.3, 0.4) is 0 Å². The molecule has 0 aliphatic rings. The number of hydrogen-bond donors (Lipinski definition) is 1. The highest BCUT2D eigenvalue weighted by Crippen LogP contribution is 2.22. The maximum atomic E-state index is 13.8. The molecule has 0 unspecified atom stereocenters. The topological polar surface area (TPSA) is 72.3 Å². The third-order valence-corrected chi connectivity index (χ3v) is 3.44. The van der Waals surface area contributed by atoms with E-state index in [0.717, 1.165) is 0 Å². The van der Waals surface area contributed by atoms with Gasteiger partial charge in [0.05, 0.1) is 12.9 Å². The molecule has 3 heterocycles. The number of halogens is 1. The second-order valence-corrected chi connectivity index (χ2v) is 4.82. The van der Waals surface area contributed by atoms with Gasteiger partial charge in [0.15, 0.2) is 5.65 Å². The Hall–Kier alpha value is -3.09. The number of rotatable bonds is 3. The van der Waals surface area contributed by atoms with Crippen LogP contribution in [0.2, 0.25) is 0 Å². The zero-order valence-electron chi connectivity index (χ0n) is 11.4. The van der Waals surface area contributed by atoms with E-state index < -0.39 is 0 Å². The highest BCUT2D eigenvalue weighted by atomic mass is 19.1. The van der Waals surface area contributed by atoms with E-state index in [1.165, 1.54) is 12.4 Å². The maximum Gasteiger partial charge on any atom is 0.164 e. The van der Waals surface area contributed by atoms with Crippen LogP contribution < -0.4 is 0 Å². The molecular formula is C15H11FN6. The van der Waals surface area contributed by atoms with Gasteiger partial charge in [-0.3, -0.25) is 5.10 Å². The first-order valence-electron chi connectivity index (χ1n) is 6.72. The van der Waals surface area contributed by atoms with Crippen LogP contribution in [0.5, 0.6) is 0 Å². The molecule has 0 saturated heterocycles. The monoisotopic (exact) mass is 294 g/mol. The summed E-state index contributed by atoms with van der Waals surface area (Å²) < 4.78 is 15.6. The quantitative estimate of drug-likeness (QED) is 0.630. The standard InChI is InChI=1S/C15H11FN6/c16-11-4-2-1-3-10(11)7-22-9-19-14-13(12-5-6-20-21-12)17-8-18-15(14)22/h1-6,8-9H,7H2,(H,20,21). The van der Waals surface area contributed by atoms with Gasteiger partial charge in [0, 0.05) is 11.8 Å². The lowest BCUT2D eigenvalue weighted by Gasteiger charge is -2.05. The number of aromatic nitrogens is 6. The summed E-state index contributed by atoms with van der Waals surface area (Å²) in [5.74, 6) is -0.245. The van der Waals surface area contributed by atoms with Gasteiger partial charge in [-0.05, 0) is 12.1 Å². The lowest BCUT2D eigenvalue weighted by atomic mass is 10.2. The van der Waals surface area contributed by atoms with Crippen LogP contribution in [0.1, 0.15) is 5.56 Å². The molecule has 0 radical (unpaired) electrons. The Morgan fingerprint density at radius 2 is 2.00 bits per heavy atom. The molecule has 0 saturated carbocycles. The SMILES string of the molecule is Fc1ccccc1Cn1cnc2c(-c3cc[nH]n3)ncnc21. The smallest absolute Gasteiger partial charge is 0.164 e. The molecular weight excluding hydrogens is 283 g/mol. The molecule has 7 heteroatoms. The molecule has 22 heavy (non-hydrogen) atoms. The summed E-state index contributed by atoms with van der Waals surface area (Å²) in [5, 5.41) is 6.87.